The lowest BCUT2D eigenvalue weighted by Crippen LogP contribution is -2.39. The molecule has 0 saturated carbocycles. The largest absolute Gasteiger partial charge is 0.466 e. The van der Waals surface area contributed by atoms with Crippen LogP contribution in [-0.4, -0.2) is 17.6 Å². The van der Waals surface area contributed by atoms with E-state index in [1.807, 2.05) is 61.5 Å². The van der Waals surface area contributed by atoms with Gasteiger partial charge in [0.1, 0.15) is 0 Å². The Bertz CT molecular complexity index is 1330. The van der Waals surface area contributed by atoms with Crippen LogP contribution in [0.3, 0.4) is 0 Å². The van der Waals surface area contributed by atoms with Crippen LogP contribution in [0.1, 0.15) is 29.7 Å². The Balaban J connectivity index is 1.96. The number of aryl methyl sites for hydroxylation is 1. The van der Waals surface area contributed by atoms with Gasteiger partial charge >= 0.3 is 5.97 Å². The Morgan fingerprint density at radius 1 is 1.13 bits per heavy atom. The van der Waals surface area contributed by atoms with E-state index in [-0.39, 0.29) is 5.56 Å². The maximum Gasteiger partial charge on any atom is 0.338 e. The Morgan fingerprint density at radius 2 is 1.80 bits per heavy atom. The second-order valence-corrected chi connectivity index (χ2v) is 8.96. The smallest absolute Gasteiger partial charge is 0.338 e. The molecule has 0 fully saturated rings. The molecule has 1 aliphatic heterocycles. The highest BCUT2D eigenvalue weighted by atomic mass is 79.9. The lowest BCUT2D eigenvalue weighted by Gasteiger charge is -2.24. The van der Waals surface area contributed by atoms with Crippen molar-refractivity contribution in [2.75, 3.05) is 7.11 Å². The third-order valence-corrected chi connectivity index (χ3v) is 6.50. The van der Waals surface area contributed by atoms with Crippen molar-refractivity contribution < 1.29 is 9.53 Å². The van der Waals surface area contributed by atoms with Crippen LogP contribution in [0.25, 0.3) is 6.08 Å². The van der Waals surface area contributed by atoms with Gasteiger partial charge in [-0.25, -0.2) is 9.79 Å². The zero-order chi connectivity index (χ0) is 21.4. The third-order valence-electron chi connectivity index (χ3n) is 4.99. The van der Waals surface area contributed by atoms with Gasteiger partial charge in [-0.3, -0.25) is 9.36 Å². The van der Waals surface area contributed by atoms with Crippen molar-refractivity contribution in [3.63, 3.8) is 0 Å². The van der Waals surface area contributed by atoms with Gasteiger partial charge in [-0.05, 0) is 43.2 Å². The fourth-order valence-corrected chi connectivity index (χ4v) is 4.78. The van der Waals surface area contributed by atoms with Crippen LogP contribution in [0.4, 0.5) is 0 Å². The monoisotopic (exact) mass is 482 g/mol. The third kappa shape index (κ3) is 3.70. The van der Waals surface area contributed by atoms with Crippen molar-refractivity contribution in [2.24, 2.45) is 4.99 Å². The number of carbonyl (C=O) groups is 1. The molecule has 5 nitrogen and oxygen atoms in total. The summed E-state index contributed by atoms with van der Waals surface area (Å²) < 4.78 is 8.09. The van der Waals surface area contributed by atoms with Crippen molar-refractivity contribution in [3.05, 3.63) is 101 Å². The van der Waals surface area contributed by atoms with E-state index in [0.29, 0.717) is 20.6 Å². The SMILES string of the molecule is COC(=O)C1=C(C)N=c2s/c(=C\c3ccc(C)cc3)c(=O)n2C1c1ccc(Br)cc1. The van der Waals surface area contributed by atoms with Gasteiger partial charge in [-0.2, -0.15) is 0 Å². The summed E-state index contributed by atoms with van der Waals surface area (Å²) in [4.78, 5) is 31.1. The summed E-state index contributed by atoms with van der Waals surface area (Å²) in [5.41, 5.74) is 3.65. The van der Waals surface area contributed by atoms with Crippen LogP contribution >= 0.6 is 27.3 Å². The molecule has 2 aromatic carbocycles. The molecule has 1 aromatic heterocycles. The average Bonchev–Trinajstić information content (AvgIpc) is 3.03. The predicted octanol–water partition coefficient (Wildman–Crippen LogP) is 3.48. The van der Waals surface area contributed by atoms with Crippen molar-refractivity contribution >= 4 is 39.3 Å². The number of fused-ring (bicyclic) bond motifs is 1. The predicted molar refractivity (Wildman–Crippen MR) is 121 cm³/mol. The normalized spacial score (nSPS) is 16.3. The lowest BCUT2D eigenvalue weighted by atomic mass is 9.96. The van der Waals surface area contributed by atoms with Gasteiger partial charge < -0.3 is 4.74 Å². The number of ether oxygens (including phenoxy) is 1. The molecule has 1 unspecified atom stereocenters. The number of hydrogen-bond donors (Lipinski definition) is 0. The summed E-state index contributed by atoms with van der Waals surface area (Å²) in [5.74, 6) is -0.489. The Labute approximate surface area is 185 Å². The summed E-state index contributed by atoms with van der Waals surface area (Å²) in [7, 11) is 1.34. The maximum atomic E-state index is 13.4. The van der Waals surface area contributed by atoms with Crippen molar-refractivity contribution in [1.29, 1.82) is 0 Å². The molecular weight excluding hydrogens is 464 g/mol. The molecule has 0 amide bonds. The van der Waals surface area contributed by atoms with Crippen LogP contribution in [0.5, 0.6) is 0 Å². The summed E-state index contributed by atoms with van der Waals surface area (Å²) in [6.45, 7) is 3.79. The first-order valence-corrected chi connectivity index (χ1v) is 10.9. The van der Waals surface area contributed by atoms with Crippen LogP contribution in [0, 0.1) is 6.92 Å². The van der Waals surface area contributed by atoms with Gasteiger partial charge in [-0.1, -0.05) is 69.2 Å². The highest BCUT2D eigenvalue weighted by molar-refractivity contribution is 9.10. The number of methoxy groups -OCH3 is 1. The van der Waals surface area contributed by atoms with Crippen LogP contribution in [-0.2, 0) is 9.53 Å². The van der Waals surface area contributed by atoms with Gasteiger partial charge in [0.05, 0.1) is 29.0 Å². The number of thiazole rings is 1. The Morgan fingerprint density at radius 3 is 2.43 bits per heavy atom. The highest BCUT2D eigenvalue weighted by Crippen LogP contribution is 2.31. The first-order valence-electron chi connectivity index (χ1n) is 9.32. The maximum absolute atomic E-state index is 13.4. The first kappa shape index (κ1) is 20.5. The van der Waals surface area contributed by atoms with Gasteiger partial charge in [0, 0.05) is 4.47 Å². The number of aromatic nitrogens is 1. The quantitative estimate of drug-likeness (QED) is 0.536. The molecule has 0 saturated heterocycles. The molecule has 0 spiro atoms. The number of esters is 1. The molecule has 1 atom stereocenters. The van der Waals surface area contributed by atoms with E-state index in [2.05, 4.69) is 20.9 Å². The summed E-state index contributed by atoms with van der Waals surface area (Å²) in [6.07, 6.45) is 1.86. The van der Waals surface area contributed by atoms with E-state index >= 15 is 0 Å². The number of halogens is 1. The van der Waals surface area contributed by atoms with Gasteiger partial charge in [0.2, 0.25) is 0 Å². The zero-order valence-corrected chi connectivity index (χ0v) is 19.1. The number of carbonyl (C=O) groups excluding carboxylic acids is 1. The highest BCUT2D eigenvalue weighted by Gasteiger charge is 2.32. The number of rotatable bonds is 3. The topological polar surface area (TPSA) is 60.7 Å². The van der Waals surface area contributed by atoms with E-state index in [1.165, 1.54) is 18.4 Å². The molecule has 7 heteroatoms. The van der Waals surface area contributed by atoms with Crippen molar-refractivity contribution in [3.8, 4) is 0 Å². The number of benzene rings is 2. The second kappa shape index (κ2) is 8.16. The molecule has 1 aliphatic rings. The fourth-order valence-electron chi connectivity index (χ4n) is 3.47. The molecule has 0 radical (unpaired) electrons. The molecule has 152 valence electrons. The summed E-state index contributed by atoms with van der Waals surface area (Å²) in [6, 6.07) is 14.9. The van der Waals surface area contributed by atoms with E-state index in [4.69, 9.17) is 4.74 Å². The van der Waals surface area contributed by atoms with Crippen LogP contribution in [0.15, 0.2) is 74.1 Å². The molecule has 4 rings (SSSR count). The second-order valence-electron chi connectivity index (χ2n) is 7.04. The minimum absolute atomic E-state index is 0.179. The van der Waals surface area contributed by atoms with Gasteiger partial charge in [0.25, 0.3) is 5.56 Å². The van der Waals surface area contributed by atoms with Gasteiger partial charge in [-0.15, -0.1) is 0 Å². The van der Waals surface area contributed by atoms with Gasteiger partial charge in [0.15, 0.2) is 4.80 Å². The summed E-state index contributed by atoms with van der Waals surface area (Å²) >= 11 is 4.76. The zero-order valence-electron chi connectivity index (χ0n) is 16.7. The first-order chi connectivity index (χ1) is 14.4. The van der Waals surface area contributed by atoms with Crippen LogP contribution in [0.2, 0.25) is 0 Å². The molecule has 0 bridgehead atoms. The molecule has 3 aromatic rings. The van der Waals surface area contributed by atoms with Crippen molar-refractivity contribution in [2.45, 2.75) is 19.9 Å². The van der Waals surface area contributed by atoms with E-state index < -0.39 is 12.0 Å². The molecule has 0 aliphatic carbocycles. The molecule has 0 N–H and O–H groups in total. The molecular formula is C23H19BrN2O3S. The Kier molecular flexibility index (Phi) is 5.58. The van der Waals surface area contributed by atoms with Crippen LogP contribution < -0.4 is 14.9 Å². The number of allylic oxidation sites excluding steroid dienone is 1. The van der Waals surface area contributed by atoms with Crippen molar-refractivity contribution in [1.82, 2.24) is 4.57 Å². The number of hydrogen-bond acceptors (Lipinski definition) is 5. The molecule has 2 heterocycles. The minimum atomic E-state index is -0.595. The van der Waals surface area contributed by atoms with E-state index in [0.717, 1.165) is 21.2 Å². The molecule has 30 heavy (non-hydrogen) atoms. The minimum Gasteiger partial charge on any atom is -0.466 e. The summed E-state index contributed by atoms with van der Waals surface area (Å²) in [5, 5.41) is 0. The fraction of sp³-hybridized carbons (Fsp3) is 0.174. The Hall–Kier alpha value is -2.77. The number of nitrogens with zero attached hydrogens (tertiary/aromatic N) is 2. The standard InChI is InChI=1S/C23H19BrN2O3S/c1-13-4-6-15(7-5-13)12-18-21(27)26-20(16-8-10-17(24)11-9-16)19(22(28)29-3)14(2)25-23(26)30-18/h4-12,20H,1-3H3/b18-12-. The van der Waals surface area contributed by atoms with E-state index in [1.54, 1.807) is 11.5 Å². The average molecular weight is 483 g/mol. The lowest BCUT2D eigenvalue weighted by molar-refractivity contribution is -0.136. The van der Waals surface area contributed by atoms with E-state index in [9.17, 15) is 9.59 Å².